The van der Waals surface area contributed by atoms with Gasteiger partial charge in [0.05, 0.1) is 29.3 Å². The molecule has 176 valence electrons. The zero-order chi connectivity index (χ0) is 24.7. The Morgan fingerprint density at radius 2 is 1.70 bits per heavy atom. The summed E-state index contributed by atoms with van der Waals surface area (Å²) in [6.45, 7) is 4.17. The van der Waals surface area contributed by atoms with Gasteiger partial charge in [0.1, 0.15) is 15.6 Å². The highest BCUT2D eigenvalue weighted by Crippen LogP contribution is 2.34. The first kappa shape index (κ1) is 25.3. The fourth-order valence-electron chi connectivity index (χ4n) is 2.65. The topological polar surface area (TPSA) is 177 Å². The van der Waals surface area contributed by atoms with Gasteiger partial charge in [-0.15, -0.1) is 11.3 Å². The summed E-state index contributed by atoms with van der Waals surface area (Å²) >= 11 is 0.817. The number of amides is 1. The Morgan fingerprint density at radius 3 is 2.30 bits per heavy atom. The van der Waals surface area contributed by atoms with Crippen LogP contribution in [0.4, 0.5) is 16.4 Å². The predicted octanol–water partition coefficient (Wildman–Crippen LogP) is 2.70. The third-order valence-electron chi connectivity index (χ3n) is 4.14. The van der Waals surface area contributed by atoms with Crippen LogP contribution in [0.5, 0.6) is 0 Å². The number of nitrogens with one attached hydrogen (secondary N) is 1. The molecule has 0 aliphatic heterocycles. The number of hydrogen-bond acceptors (Lipinski definition) is 11. The van der Waals surface area contributed by atoms with E-state index in [0.29, 0.717) is 0 Å². The molecule has 0 atom stereocenters. The minimum atomic E-state index is -0.992. The fraction of sp³-hybridized carbons (Fsp3) is 0.300. The molecule has 1 aromatic heterocycles. The summed E-state index contributed by atoms with van der Waals surface area (Å²) in [6.07, 6.45) is 0. The van der Waals surface area contributed by atoms with E-state index in [2.05, 4.69) is 5.32 Å². The zero-order valence-electron chi connectivity index (χ0n) is 18.0. The second kappa shape index (κ2) is 11.0. The summed E-state index contributed by atoms with van der Waals surface area (Å²) in [5.41, 5.74) is 4.96. The largest absolute Gasteiger partial charge is 0.462 e. The van der Waals surface area contributed by atoms with Gasteiger partial charge in [-0.2, -0.15) is 0 Å². The van der Waals surface area contributed by atoms with Crippen molar-refractivity contribution < 1.29 is 38.3 Å². The number of rotatable bonds is 9. The predicted molar refractivity (Wildman–Crippen MR) is 117 cm³/mol. The monoisotopic (exact) mass is 479 g/mol. The molecule has 12 nitrogen and oxygen atoms in total. The van der Waals surface area contributed by atoms with E-state index in [-0.39, 0.29) is 45.5 Å². The van der Waals surface area contributed by atoms with Crippen molar-refractivity contribution in [1.82, 2.24) is 0 Å². The van der Waals surface area contributed by atoms with Gasteiger partial charge in [-0.05, 0) is 38.5 Å². The summed E-state index contributed by atoms with van der Waals surface area (Å²) in [5.74, 6) is -3.21. The molecular formula is C20H21N3O9S. The Balaban J connectivity index is 2.17. The quantitative estimate of drug-likeness (QED) is 0.179. The first-order valence-electron chi connectivity index (χ1n) is 9.59. The Hall–Kier alpha value is -4.00. The van der Waals surface area contributed by atoms with Crippen LogP contribution in [0, 0.1) is 17.0 Å². The summed E-state index contributed by atoms with van der Waals surface area (Å²) in [4.78, 5) is 59.4. The number of hydrogen-bond donors (Lipinski definition) is 2. The zero-order valence-corrected chi connectivity index (χ0v) is 18.8. The normalized spacial score (nSPS) is 10.3. The molecule has 0 bridgehead atoms. The number of nitrogen functional groups attached to an aromatic ring is 1. The lowest BCUT2D eigenvalue weighted by Gasteiger charge is -2.08. The van der Waals surface area contributed by atoms with Crippen LogP contribution in [0.1, 0.15) is 49.8 Å². The lowest BCUT2D eigenvalue weighted by Crippen LogP contribution is -2.22. The highest BCUT2D eigenvalue weighted by atomic mass is 32.1. The summed E-state index contributed by atoms with van der Waals surface area (Å²) in [6, 6.07) is 3.32. The smallest absolute Gasteiger partial charge is 0.348 e. The third-order valence-corrected chi connectivity index (χ3v) is 5.32. The van der Waals surface area contributed by atoms with Crippen LogP contribution in [0.3, 0.4) is 0 Å². The SMILES string of the molecule is CCOC(=O)c1sc(NC(=O)COC(=O)c2ccc(N)c([N+](=O)[O-])c2)c(C(=O)OCC)c1C. The Morgan fingerprint density at radius 1 is 1.06 bits per heavy atom. The van der Waals surface area contributed by atoms with Gasteiger partial charge < -0.3 is 25.3 Å². The van der Waals surface area contributed by atoms with Crippen molar-refractivity contribution in [3.8, 4) is 0 Å². The van der Waals surface area contributed by atoms with Gasteiger partial charge in [-0.25, -0.2) is 14.4 Å². The van der Waals surface area contributed by atoms with Crippen molar-refractivity contribution in [2.45, 2.75) is 20.8 Å². The Kier molecular flexibility index (Phi) is 8.45. The molecule has 0 radical (unpaired) electrons. The number of carbonyl (C=O) groups excluding carboxylic acids is 4. The van der Waals surface area contributed by atoms with Crippen LogP contribution in [-0.4, -0.2) is 48.6 Å². The Bertz CT molecular complexity index is 1110. The molecule has 0 aliphatic carbocycles. The maximum Gasteiger partial charge on any atom is 0.348 e. The van der Waals surface area contributed by atoms with E-state index in [1.54, 1.807) is 13.8 Å². The molecular weight excluding hydrogens is 458 g/mol. The number of nitrogens with two attached hydrogens (primary N) is 1. The minimum absolute atomic E-state index is 0.0151. The van der Waals surface area contributed by atoms with E-state index in [0.717, 1.165) is 17.4 Å². The van der Waals surface area contributed by atoms with Gasteiger partial charge in [-0.1, -0.05) is 0 Å². The van der Waals surface area contributed by atoms with E-state index < -0.39 is 41.0 Å². The molecule has 0 aliphatic rings. The highest BCUT2D eigenvalue weighted by molar-refractivity contribution is 7.18. The van der Waals surface area contributed by atoms with Crippen LogP contribution in [-0.2, 0) is 19.0 Å². The van der Waals surface area contributed by atoms with Crippen LogP contribution >= 0.6 is 11.3 Å². The number of benzene rings is 1. The average Bonchev–Trinajstić information content (AvgIpc) is 3.08. The van der Waals surface area contributed by atoms with Gasteiger partial charge in [0, 0.05) is 6.07 Å². The minimum Gasteiger partial charge on any atom is -0.462 e. The average molecular weight is 479 g/mol. The molecule has 2 rings (SSSR count). The number of ether oxygens (including phenoxy) is 3. The number of esters is 3. The summed E-state index contributed by atoms with van der Waals surface area (Å²) in [5, 5.41) is 13.4. The maximum absolute atomic E-state index is 12.4. The lowest BCUT2D eigenvalue weighted by molar-refractivity contribution is -0.383. The first-order valence-corrected chi connectivity index (χ1v) is 10.4. The molecule has 1 aromatic carbocycles. The van der Waals surface area contributed by atoms with Crippen molar-refractivity contribution in [1.29, 1.82) is 0 Å². The van der Waals surface area contributed by atoms with Crippen molar-refractivity contribution in [2.24, 2.45) is 0 Å². The molecule has 0 spiro atoms. The standard InChI is InChI=1S/C20H21N3O9S/c1-4-30-19(26)15-10(3)16(20(27)31-5-2)33-17(15)22-14(24)9-32-18(25)11-6-7-12(21)13(8-11)23(28)29/h6-8H,4-5,9,21H2,1-3H3,(H,22,24). The molecule has 0 fully saturated rings. The number of thiophene rings is 1. The van der Waals surface area contributed by atoms with E-state index in [1.165, 1.54) is 19.1 Å². The molecule has 2 aromatic rings. The molecule has 0 unspecified atom stereocenters. The molecule has 1 heterocycles. The fourth-order valence-corrected chi connectivity index (χ4v) is 3.75. The van der Waals surface area contributed by atoms with Crippen LogP contribution < -0.4 is 11.1 Å². The van der Waals surface area contributed by atoms with E-state index >= 15 is 0 Å². The number of nitro benzene ring substituents is 1. The van der Waals surface area contributed by atoms with Crippen molar-refractivity contribution in [3.63, 3.8) is 0 Å². The van der Waals surface area contributed by atoms with Gasteiger partial charge in [-0.3, -0.25) is 14.9 Å². The second-order valence-corrected chi connectivity index (χ2v) is 7.38. The summed E-state index contributed by atoms with van der Waals surface area (Å²) < 4.78 is 14.8. The third kappa shape index (κ3) is 6.04. The van der Waals surface area contributed by atoms with E-state index in [1.807, 2.05) is 0 Å². The number of nitro groups is 1. The highest BCUT2D eigenvalue weighted by Gasteiger charge is 2.27. The van der Waals surface area contributed by atoms with Gasteiger partial charge in [0.15, 0.2) is 6.61 Å². The molecule has 0 saturated heterocycles. The van der Waals surface area contributed by atoms with Gasteiger partial charge in [0.2, 0.25) is 0 Å². The maximum atomic E-state index is 12.4. The number of anilines is 2. The summed E-state index contributed by atoms with van der Waals surface area (Å²) in [7, 11) is 0. The van der Waals surface area contributed by atoms with Gasteiger partial charge in [0.25, 0.3) is 11.6 Å². The van der Waals surface area contributed by atoms with E-state index in [9.17, 15) is 29.3 Å². The van der Waals surface area contributed by atoms with E-state index in [4.69, 9.17) is 19.9 Å². The lowest BCUT2D eigenvalue weighted by atomic mass is 10.1. The van der Waals surface area contributed by atoms with Crippen LogP contribution in [0.2, 0.25) is 0 Å². The van der Waals surface area contributed by atoms with Crippen LogP contribution in [0.15, 0.2) is 18.2 Å². The molecule has 1 amide bonds. The van der Waals surface area contributed by atoms with Crippen molar-refractivity contribution in [2.75, 3.05) is 30.9 Å². The molecule has 13 heteroatoms. The molecule has 33 heavy (non-hydrogen) atoms. The number of nitrogens with zero attached hydrogens (tertiary/aromatic N) is 1. The van der Waals surface area contributed by atoms with Crippen molar-refractivity contribution in [3.05, 3.63) is 49.9 Å². The van der Waals surface area contributed by atoms with Crippen molar-refractivity contribution >= 4 is 51.5 Å². The molecule has 0 saturated carbocycles. The molecule has 3 N–H and O–H groups in total. The second-order valence-electron chi connectivity index (χ2n) is 6.36. The van der Waals surface area contributed by atoms with Gasteiger partial charge >= 0.3 is 17.9 Å². The Labute approximate surface area is 191 Å². The first-order chi connectivity index (χ1) is 15.6. The number of carbonyl (C=O) groups is 4. The van der Waals surface area contributed by atoms with Crippen LogP contribution in [0.25, 0.3) is 0 Å².